The minimum Gasteiger partial charge on any atom is -0.507 e. The number of morpholine rings is 1. The lowest BCUT2D eigenvalue weighted by atomic mass is 9.96. The van der Waals surface area contributed by atoms with E-state index in [4.69, 9.17) is 20.9 Å². The van der Waals surface area contributed by atoms with E-state index in [9.17, 15) is 19.4 Å². The van der Waals surface area contributed by atoms with Crippen LogP contribution in [-0.2, 0) is 11.3 Å². The first-order chi connectivity index (χ1) is 15.9. The van der Waals surface area contributed by atoms with Crippen molar-refractivity contribution in [2.45, 2.75) is 13.5 Å². The van der Waals surface area contributed by atoms with E-state index in [2.05, 4.69) is 15.4 Å². The molecule has 2 heterocycles. The number of benzene rings is 2. The summed E-state index contributed by atoms with van der Waals surface area (Å²) in [5.74, 6) is -1.41. The Bertz CT molecular complexity index is 1180. The maximum Gasteiger partial charge on any atom is 0.274 e. The molecule has 33 heavy (non-hydrogen) atoms. The van der Waals surface area contributed by atoms with Crippen LogP contribution in [0, 0.1) is 5.82 Å². The van der Waals surface area contributed by atoms with Gasteiger partial charge in [-0.15, -0.1) is 0 Å². The molecule has 0 spiro atoms. The summed E-state index contributed by atoms with van der Waals surface area (Å²) in [7, 11) is 0. The Kier molecular flexibility index (Phi) is 6.83. The molecule has 4 rings (SSSR count). The number of carbonyl (C=O) groups excluding carboxylic acids is 1. The van der Waals surface area contributed by atoms with Gasteiger partial charge in [0.05, 0.1) is 29.4 Å². The second kappa shape index (κ2) is 9.78. The van der Waals surface area contributed by atoms with E-state index >= 15 is 0 Å². The molecule has 0 aliphatic carbocycles. The maximum absolute atomic E-state index is 14.7. The average Bonchev–Trinajstić information content (AvgIpc) is 3.23. The Morgan fingerprint density at radius 1 is 1.21 bits per heavy atom. The van der Waals surface area contributed by atoms with Crippen LogP contribution in [0.5, 0.6) is 11.5 Å². The van der Waals surface area contributed by atoms with Gasteiger partial charge in [0.1, 0.15) is 17.3 Å². The van der Waals surface area contributed by atoms with Gasteiger partial charge in [-0.05, 0) is 30.7 Å². The van der Waals surface area contributed by atoms with E-state index in [-0.39, 0.29) is 44.9 Å². The van der Waals surface area contributed by atoms with Gasteiger partial charge in [-0.2, -0.15) is 0 Å². The summed E-state index contributed by atoms with van der Waals surface area (Å²) >= 11 is 6.04. The lowest BCUT2D eigenvalue weighted by molar-refractivity contribution is 0.0337. The Labute approximate surface area is 194 Å². The molecule has 1 fully saturated rings. The van der Waals surface area contributed by atoms with Gasteiger partial charge in [0.15, 0.2) is 11.5 Å². The van der Waals surface area contributed by atoms with Crippen molar-refractivity contribution >= 4 is 17.5 Å². The molecule has 3 N–H and O–H groups in total. The van der Waals surface area contributed by atoms with Crippen molar-refractivity contribution in [1.29, 1.82) is 0 Å². The van der Waals surface area contributed by atoms with Gasteiger partial charge in [0.25, 0.3) is 5.91 Å². The monoisotopic (exact) mass is 475 g/mol. The molecule has 0 atom stereocenters. The van der Waals surface area contributed by atoms with E-state index < -0.39 is 5.91 Å². The van der Waals surface area contributed by atoms with Crippen molar-refractivity contribution in [3.63, 3.8) is 0 Å². The van der Waals surface area contributed by atoms with Crippen LogP contribution >= 0.6 is 11.6 Å². The van der Waals surface area contributed by atoms with Crippen LogP contribution in [0.25, 0.3) is 22.5 Å². The van der Waals surface area contributed by atoms with Crippen LogP contribution in [0.3, 0.4) is 0 Å². The summed E-state index contributed by atoms with van der Waals surface area (Å²) in [4.78, 5) is 14.8. The number of phenolic OH excluding ortho intramolecular Hbond substituents is 2. The zero-order valence-corrected chi connectivity index (χ0v) is 18.7. The third-order valence-corrected chi connectivity index (χ3v) is 5.69. The number of hydrogen-bond donors (Lipinski definition) is 3. The SMILES string of the molecule is CCNC(=O)c1noc(-c2cc(Cl)c(O)cc2O)c1-c1ccc(F)c(CN2CCOCC2)c1. The molecule has 1 amide bonds. The zero-order chi connectivity index (χ0) is 23.5. The molecule has 0 saturated carbocycles. The predicted octanol–water partition coefficient (Wildman–Crippen LogP) is 3.79. The van der Waals surface area contributed by atoms with E-state index in [0.29, 0.717) is 50.5 Å². The van der Waals surface area contributed by atoms with Crippen LogP contribution < -0.4 is 5.32 Å². The number of halogens is 2. The molecule has 0 unspecified atom stereocenters. The van der Waals surface area contributed by atoms with E-state index in [1.807, 2.05) is 0 Å². The number of nitrogens with zero attached hydrogens (tertiary/aromatic N) is 2. The van der Waals surface area contributed by atoms with E-state index in [1.54, 1.807) is 13.0 Å². The minimum atomic E-state index is -0.481. The third-order valence-electron chi connectivity index (χ3n) is 5.39. The van der Waals surface area contributed by atoms with Crippen molar-refractivity contribution < 1.29 is 28.7 Å². The minimum absolute atomic E-state index is 0.0145. The smallest absolute Gasteiger partial charge is 0.274 e. The largest absolute Gasteiger partial charge is 0.507 e. The average molecular weight is 476 g/mol. The van der Waals surface area contributed by atoms with Crippen molar-refractivity contribution in [3.8, 4) is 33.9 Å². The van der Waals surface area contributed by atoms with Crippen LogP contribution in [0.15, 0.2) is 34.9 Å². The topological polar surface area (TPSA) is 108 Å². The van der Waals surface area contributed by atoms with E-state index in [0.717, 1.165) is 6.07 Å². The van der Waals surface area contributed by atoms with Crippen molar-refractivity contribution in [1.82, 2.24) is 15.4 Å². The molecule has 1 aliphatic heterocycles. The van der Waals surface area contributed by atoms with Gasteiger partial charge in [-0.3, -0.25) is 9.69 Å². The number of rotatable bonds is 6. The van der Waals surface area contributed by atoms with Crippen LogP contribution in [-0.4, -0.2) is 59.0 Å². The number of aromatic nitrogens is 1. The van der Waals surface area contributed by atoms with Crippen molar-refractivity contribution in [3.05, 3.63) is 52.4 Å². The normalized spacial score (nSPS) is 14.4. The van der Waals surface area contributed by atoms with Crippen LogP contribution in [0.1, 0.15) is 23.0 Å². The summed E-state index contributed by atoms with van der Waals surface area (Å²) < 4.78 is 25.5. The number of phenols is 2. The standard InChI is InChI=1S/C23H23ClFN3O5/c1-2-26-23(31)21-20(22(33-27-21)15-10-16(24)19(30)11-18(15)29)13-3-4-17(25)14(9-13)12-28-5-7-32-8-6-28/h3-4,9-11,29-30H,2,5-8,12H2,1H3,(H,26,31). The number of hydrogen-bond acceptors (Lipinski definition) is 7. The fourth-order valence-corrected chi connectivity index (χ4v) is 3.89. The number of ether oxygens (including phenoxy) is 1. The first-order valence-corrected chi connectivity index (χ1v) is 10.9. The molecule has 1 aliphatic rings. The highest BCUT2D eigenvalue weighted by Gasteiger charge is 2.27. The van der Waals surface area contributed by atoms with Gasteiger partial charge in [0, 0.05) is 37.8 Å². The molecule has 174 valence electrons. The number of amides is 1. The van der Waals surface area contributed by atoms with Crippen molar-refractivity contribution in [2.75, 3.05) is 32.8 Å². The summed E-state index contributed by atoms with van der Waals surface area (Å²) in [5, 5.41) is 26.8. The Morgan fingerprint density at radius 3 is 2.70 bits per heavy atom. The molecule has 0 radical (unpaired) electrons. The second-order valence-electron chi connectivity index (χ2n) is 7.61. The van der Waals surface area contributed by atoms with Gasteiger partial charge in [-0.25, -0.2) is 4.39 Å². The Balaban J connectivity index is 1.83. The number of carbonyl (C=O) groups is 1. The lowest BCUT2D eigenvalue weighted by Crippen LogP contribution is -2.35. The highest BCUT2D eigenvalue weighted by atomic mass is 35.5. The summed E-state index contributed by atoms with van der Waals surface area (Å²) in [6.07, 6.45) is 0. The lowest BCUT2D eigenvalue weighted by Gasteiger charge is -2.26. The molecule has 3 aromatic rings. The van der Waals surface area contributed by atoms with E-state index in [1.165, 1.54) is 18.2 Å². The summed E-state index contributed by atoms with van der Waals surface area (Å²) in [5.41, 5.74) is 1.33. The highest BCUT2D eigenvalue weighted by Crippen LogP contribution is 2.43. The molecular formula is C23H23ClFN3O5. The Morgan fingerprint density at radius 2 is 1.97 bits per heavy atom. The van der Waals surface area contributed by atoms with Crippen LogP contribution in [0.4, 0.5) is 4.39 Å². The molecule has 1 aromatic heterocycles. The molecule has 2 aromatic carbocycles. The van der Waals surface area contributed by atoms with Crippen LogP contribution in [0.2, 0.25) is 5.02 Å². The fourth-order valence-electron chi connectivity index (χ4n) is 3.73. The number of aromatic hydroxyl groups is 2. The third kappa shape index (κ3) is 4.80. The van der Waals surface area contributed by atoms with Gasteiger partial charge >= 0.3 is 0 Å². The summed E-state index contributed by atoms with van der Waals surface area (Å²) in [6, 6.07) is 6.88. The predicted molar refractivity (Wildman–Crippen MR) is 120 cm³/mol. The fraction of sp³-hybridized carbons (Fsp3) is 0.304. The van der Waals surface area contributed by atoms with Gasteiger partial charge in [-0.1, -0.05) is 22.8 Å². The van der Waals surface area contributed by atoms with Gasteiger partial charge in [0.2, 0.25) is 0 Å². The van der Waals surface area contributed by atoms with Crippen molar-refractivity contribution in [2.24, 2.45) is 0 Å². The molecule has 10 heteroatoms. The zero-order valence-electron chi connectivity index (χ0n) is 17.9. The second-order valence-corrected chi connectivity index (χ2v) is 8.02. The highest BCUT2D eigenvalue weighted by molar-refractivity contribution is 6.32. The first kappa shape index (κ1) is 23.0. The first-order valence-electron chi connectivity index (χ1n) is 10.5. The maximum atomic E-state index is 14.7. The number of nitrogens with one attached hydrogen (secondary N) is 1. The Hall–Kier alpha value is -3.14. The quantitative estimate of drug-likeness (QED) is 0.497. The molecule has 8 nitrogen and oxygen atoms in total. The summed E-state index contributed by atoms with van der Waals surface area (Å²) in [6.45, 7) is 5.04. The molecular weight excluding hydrogens is 453 g/mol. The molecule has 0 bridgehead atoms. The molecule has 1 saturated heterocycles. The van der Waals surface area contributed by atoms with Gasteiger partial charge < -0.3 is 24.8 Å².